The van der Waals surface area contributed by atoms with Crippen LogP contribution in [0.5, 0.6) is 0 Å². The van der Waals surface area contributed by atoms with E-state index in [-0.39, 0.29) is 18.2 Å². The summed E-state index contributed by atoms with van der Waals surface area (Å²) in [5.74, 6) is -1.02. The normalized spacial score (nSPS) is 17.9. The Kier molecular flexibility index (Phi) is 3.81. The number of hydrogen-bond donors (Lipinski definition) is 2. The minimum atomic E-state index is -0.841. The van der Waals surface area contributed by atoms with Crippen molar-refractivity contribution in [2.45, 2.75) is 31.7 Å². The molecular weight excluding hydrogens is 256 g/mol. The Bertz CT molecular complexity index is 540. The third kappa shape index (κ3) is 2.54. The number of benzene rings is 1. The number of rotatable bonds is 4. The molecule has 0 aliphatic carbocycles. The predicted molar refractivity (Wildman–Crippen MR) is 76.9 cm³/mol. The second kappa shape index (κ2) is 5.25. The van der Waals surface area contributed by atoms with Gasteiger partial charge in [-0.3, -0.25) is 9.59 Å². The molecule has 1 heterocycles. The minimum absolute atomic E-state index is 0.0414. The number of carbonyl (C=O) groups is 2. The molecule has 0 bridgehead atoms. The number of fused-ring (bicyclic) bond motifs is 1. The van der Waals surface area contributed by atoms with Crippen molar-refractivity contribution in [2.24, 2.45) is 0 Å². The fourth-order valence-corrected chi connectivity index (χ4v) is 2.52. The monoisotopic (exact) mass is 276 g/mol. The molecule has 1 atom stereocenters. The molecule has 1 aromatic rings. The number of carboxylic acid groups (broad SMARTS) is 1. The molecule has 2 rings (SSSR count). The van der Waals surface area contributed by atoms with E-state index in [2.05, 4.69) is 5.32 Å². The fourth-order valence-electron chi connectivity index (χ4n) is 2.52. The molecule has 0 aromatic heterocycles. The predicted octanol–water partition coefficient (Wildman–Crippen LogP) is 1.59. The number of aliphatic carboxylic acids is 1. The molecular formula is C15H20N2O3. The summed E-state index contributed by atoms with van der Waals surface area (Å²) < 4.78 is 0. The lowest BCUT2D eigenvalue weighted by molar-refractivity contribution is -0.137. The van der Waals surface area contributed by atoms with Crippen LogP contribution in [0, 0.1) is 0 Å². The summed E-state index contributed by atoms with van der Waals surface area (Å²) in [6.45, 7) is 4.07. The van der Waals surface area contributed by atoms with Crippen LogP contribution in [0.1, 0.15) is 31.7 Å². The molecule has 0 saturated heterocycles. The van der Waals surface area contributed by atoms with Crippen LogP contribution in [0.4, 0.5) is 5.69 Å². The van der Waals surface area contributed by atoms with Crippen molar-refractivity contribution in [3.8, 4) is 0 Å². The first kappa shape index (κ1) is 14.5. The van der Waals surface area contributed by atoms with E-state index in [0.29, 0.717) is 6.54 Å². The molecule has 1 aliphatic rings. The maximum absolute atomic E-state index is 12.6. The zero-order valence-corrected chi connectivity index (χ0v) is 12.0. The zero-order chi connectivity index (χ0) is 14.9. The molecule has 5 heteroatoms. The number of carbonyl (C=O) groups excluding carboxylic acids is 1. The Morgan fingerprint density at radius 2 is 2.05 bits per heavy atom. The van der Waals surface area contributed by atoms with Crippen LogP contribution < -0.4 is 10.2 Å². The highest BCUT2D eigenvalue weighted by molar-refractivity contribution is 6.01. The van der Waals surface area contributed by atoms with E-state index in [9.17, 15) is 9.59 Å². The van der Waals surface area contributed by atoms with Gasteiger partial charge in [0.25, 0.3) is 0 Å². The Labute approximate surface area is 118 Å². The van der Waals surface area contributed by atoms with Crippen molar-refractivity contribution in [1.82, 2.24) is 5.32 Å². The topological polar surface area (TPSA) is 69.6 Å². The van der Waals surface area contributed by atoms with Crippen LogP contribution in [-0.4, -0.2) is 36.1 Å². The number of hydrogen-bond acceptors (Lipinski definition) is 3. The summed E-state index contributed by atoms with van der Waals surface area (Å²) in [5, 5.41) is 12.0. The van der Waals surface area contributed by atoms with Gasteiger partial charge in [-0.1, -0.05) is 18.2 Å². The Morgan fingerprint density at radius 3 is 2.65 bits per heavy atom. The van der Waals surface area contributed by atoms with Crippen LogP contribution in [-0.2, 0) is 9.59 Å². The summed E-state index contributed by atoms with van der Waals surface area (Å²) in [7, 11) is 1.74. The lowest BCUT2D eigenvalue weighted by Gasteiger charge is -2.29. The fraction of sp³-hybridized carbons (Fsp3) is 0.467. The van der Waals surface area contributed by atoms with Crippen molar-refractivity contribution >= 4 is 17.6 Å². The van der Waals surface area contributed by atoms with E-state index < -0.39 is 11.5 Å². The smallest absolute Gasteiger partial charge is 0.304 e. The van der Waals surface area contributed by atoms with Crippen molar-refractivity contribution in [2.75, 3.05) is 18.5 Å². The molecule has 0 saturated carbocycles. The quantitative estimate of drug-likeness (QED) is 0.876. The highest BCUT2D eigenvalue weighted by Crippen LogP contribution is 2.38. The van der Waals surface area contributed by atoms with Crippen LogP contribution in [0.2, 0.25) is 0 Å². The van der Waals surface area contributed by atoms with E-state index in [1.165, 1.54) is 0 Å². The van der Waals surface area contributed by atoms with Gasteiger partial charge >= 0.3 is 5.97 Å². The summed E-state index contributed by atoms with van der Waals surface area (Å²) in [4.78, 5) is 25.3. The van der Waals surface area contributed by atoms with Crippen molar-refractivity contribution in [1.29, 1.82) is 0 Å². The molecule has 108 valence electrons. The van der Waals surface area contributed by atoms with Gasteiger partial charge in [-0.2, -0.15) is 0 Å². The molecule has 1 aromatic carbocycles. The summed E-state index contributed by atoms with van der Waals surface area (Å²) in [5.41, 5.74) is 1.09. The van der Waals surface area contributed by atoms with Gasteiger partial charge < -0.3 is 15.3 Å². The van der Waals surface area contributed by atoms with Gasteiger partial charge in [-0.05, 0) is 32.5 Å². The van der Waals surface area contributed by atoms with E-state index in [4.69, 9.17) is 5.11 Å². The number of nitrogens with one attached hydrogen (secondary N) is 1. The van der Waals surface area contributed by atoms with Gasteiger partial charge in [0.1, 0.15) is 0 Å². The molecule has 20 heavy (non-hydrogen) atoms. The van der Waals surface area contributed by atoms with Gasteiger partial charge in [0, 0.05) is 18.2 Å². The van der Waals surface area contributed by atoms with Crippen LogP contribution in [0.15, 0.2) is 24.3 Å². The molecule has 0 radical (unpaired) electrons. The SMILES string of the molecule is CNC(C)(C)C(=O)N1CC(CC(=O)O)c2ccccc21. The first-order valence-electron chi connectivity index (χ1n) is 6.68. The Hall–Kier alpha value is -1.88. The van der Waals surface area contributed by atoms with E-state index in [1.807, 2.05) is 38.1 Å². The van der Waals surface area contributed by atoms with Crippen molar-refractivity contribution < 1.29 is 14.7 Å². The maximum Gasteiger partial charge on any atom is 0.304 e. The van der Waals surface area contributed by atoms with E-state index >= 15 is 0 Å². The minimum Gasteiger partial charge on any atom is -0.481 e. The lowest BCUT2D eigenvalue weighted by atomic mass is 9.98. The molecule has 1 aliphatic heterocycles. The number of anilines is 1. The van der Waals surface area contributed by atoms with Gasteiger partial charge in [0.05, 0.1) is 12.0 Å². The van der Waals surface area contributed by atoms with Crippen molar-refractivity contribution in [3.63, 3.8) is 0 Å². The Morgan fingerprint density at radius 1 is 1.40 bits per heavy atom. The van der Waals surface area contributed by atoms with Gasteiger partial charge in [0.2, 0.25) is 5.91 Å². The zero-order valence-electron chi connectivity index (χ0n) is 12.0. The summed E-state index contributed by atoms with van der Waals surface area (Å²) in [6.07, 6.45) is 0.0424. The number of likely N-dealkylation sites (N-methyl/N-ethyl adjacent to an activating group) is 1. The van der Waals surface area contributed by atoms with Gasteiger partial charge in [-0.15, -0.1) is 0 Å². The number of nitrogens with zero attached hydrogens (tertiary/aromatic N) is 1. The first-order chi connectivity index (χ1) is 9.36. The maximum atomic E-state index is 12.6. The number of amides is 1. The number of para-hydroxylation sites is 1. The average Bonchev–Trinajstić information content (AvgIpc) is 2.76. The standard InChI is InChI=1S/C15H20N2O3/c1-15(2,16-3)14(20)17-9-10(8-13(18)19)11-6-4-5-7-12(11)17/h4-7,10,16H,8-9H2,1-3H3,(H,18,19). The lowest BCUT2D eigenvalue weighted by Crippen LogP contribution is -2.52. The molecule has 1 unspecified atom stereocenters. The molecule has 2 N–H and O–H groups in total. The first-order valence-corrected chi connectivity index (χ1v) is 6.68. The molecule has 1 amide bonds. The summed E-state index contributed by atoms with van der Waals surface area (Å²) in [6, 6.07) is 7.53. The third-order valence-corrected chi connectivity index (χ3v) is 3.90. The van der Waals surface area contributed by atoms with Crippen LogP contribution >= 0.6 is 0 Å². The van der Waals surface area contributed by atoms with E-state index in [0.717, 1.165) is 11.3 Å². The van der Waals surface area contributed by atoms with Crippen LogP contribution in [0.25, 0.3) is 0 Å². The van der Waals surface area contributed by atoms with Crippen molar-refractivity contribution in [3.05, 3.63) is 29.8 Å². The summed E-state index contributed by atoms with van der Waals surface area (Å²) >= 11 is 0. The second-order valence-electron chi connectivity index (χ2n) is 5.64. The highest BCUT2D eigenvalue weighted by atomic mass is 16.4. The van der Waals surface area contributed by atoms with Crippen LogP contribution in [0.3, 0.4) is 0 Å². The second-order valence-corrected chi connectivity index (χ2v) is 5.64. The van der Waals surface area contributed by atoms with Gasteiger partial charge in [-0.25, -0.2) is 0 Å². The molecule has 0 fully saturated rings. The number of carboxylic acids is 1. The van der Waals surface area contributed by atoms with E-state index in [1.54, 1.807) is 11.9 Å². The Balaban J connectivity index is 2.34. The third-order valence-electron chi connectivity index (χ3n) is 3.90. The largest absolute Gasteiger partial charge is 0.481 e. The van der Waals surface area contributed by atoms with Gasteiger partial charge in [0.15, 0.2) is 0 Å². The molecule has 5 nitrogen and oxygen atoms in total. The molecule has 0 spiro atoms. The average molecular weight is 276 g/mol. The highest BCUT2D eigenvalue weighted by Gasteiger charge is 2.38.